The molecule has 1 saturated heterocycles. The minimum Gasteiger partial charge on any atom is -0.455 e. The average molecular weight is 431 g/mol. The summed E-state index contributed by atoms with van der Waals surface area (Å²) in [7, 11) is 0. The van der Waals surface area contributed by atoms with Gasteiger partial charge in [0.2, 0.25) is 5.91 Å². The van der Waals surface area contributed by atoms with Crippen LogP contribution in [0, 0.1) is 12.8 Å². The number of aryl methyl sites for hydroxylation is 1. The Bertz CT molecular complexity index is 867. The van der Waals surface area contributed by atoms with E-state index in [1.165, 1.54) is 0 Å². The van der Waals surface area contributed by atoms with Gasteiger partial charge in [-0.3, -0.25) is 14.4 Å². The Labute approximate surface area is 165 Å². The van der Waals surface area contributed by atoms with Crippen LogP contribution in [0.5, 0.6) is 0 Å². The summed E-state index contributed by atoms with van der Waals surface area (Å²) in [5.41, 5.74) is 2.33. The lowest BCUT2D eigenvalue weighted by atomic mass is 10.1. The van der Waals surface area contributed by atoms with Gasteiger partial charge in [-0.05, 0) is 42.8 Å². The maximum atomic E-state index is 12.3. The molecule has 0 aliphatic carbocycles. The molecule has 1 heterocycles. The molecule has 1 N–H and O–H groups in total. The maximum Gasteiger partial charge on any atom is 0.311 e. The number of nitrogens with zero attached hydrogens (tertiary/aromatic N) is 1. The Morgan fingerprint density at radius 1 is 1.19 bits per heavy atom. The van der Waals surface area contributed by atoms with E-state index in [0.29, 0.717) is 5.69 Å². The Kier molecular flexibility index (Phi) is 5.91. The molecule has 2 amide bonds. The summed E-state index contributed by atoms with van der Waals surface area (Å²) in [6.07, 6.45) is 0.0777. The second-order valence-electron chi connectivity index (χ2n) is 6.35. The number of hydrogen-bond acceptors (Lipinski definition) is 4. The topological polar surface area (TPSA) is 75.7 Å². The Balaban J connectivity index is 1.53. The van der Waals surface area contributed by atoms with Gasteiger partial charge < -0.3 is 15.0 Å². The largest absolute Gasteiger partial charge is 0.455 e. The third-order valence-corrected chi connectivity index (χ3v) is 4.89. The third-order valence-electron chi connectivity index (χ3n) is 4.36. The molecule has 2 aromatic rings. The second-order valence-corrected chi connectivity index (χ2v) is 7.27. The summed E-state index contributed by atoms with van der Waals surface area (Å²) in [4.78, 5) is 38.0. The molecule has 1 atom stereocenters. The minimum absolute atomic E-state index is 0.0777. The van der Waals surface area contributed by atoms with Crippen molar-refractivity contribution in [1.29, 1.82) is 0 Å². The number of hydrogen-bond donors (Lipinski definition) is 1. The van der Waals surface area contributed by atoms with Crippen molar-refractivity contribution < 1.29 is 19.1 Å². The van der Waals surface area contributed by atoms with E-state index >= 15 is 0 Å². The molecular formula is C20H19BrN2O4. The Morgan fingerprint density at radius 3 is 2.59 bits per heavy atom. The van der Waals surface area contributed by atoms with E-state index in [2.05, 4.69) is 21.2 Å². The maximum absolute atomic E-state index is 12.3. The number of carbonyl (C=O) groups excluding carboxylic acids is 3. The first-order chi connectivity index (χ1) is 12.9. The van der Waals surface area contributed by atoms with Crippen molar-refractivity contribution in [3.8, 4) is 0 Å². The van der Waals surface area contributed by atoms with Crippen LogP contribution in [0.25, 0.3) is 0 Å². The second kappa shape index (κ2) is 8.35. The van der Waals surface area contributed by atoms with Gasteiger partial charge in [0, 0.05) is 28.8 Å². The van der Waals surface area contributed by atoms with E-state index < -0.39 is 17.8 Å². The van der Waals surface area contributed by atoms with E-state index in [0.717, 1.165) is 15.7 Å². The van der Waals surface area contributed by atoms with Crippen LogP contribution >= 0.6 is 15.9 Å². The summed E-state index contributed by atoms with van der Waals surface area (Å²) < 4.78 is 6.02. The number of halogens is 1. The molecule has 2 aromatic carbocycles. The molecule has 7 heteroatoms. The van der Waals surface area contributed by atoms with Gasteiger partial charge in [0.25, 0.3) is 5.91 Å². The van der Waals surface area contributed by atoms with E-state index in [-0.39, 0.29) is 25.5 Å². The van der Waals surface area contributed by atoms with Gasteiger partial charge >= 0.3 is 5.97 Å². The molecule has 27 heavy (non-hydrogen) atoms. The SMILES string of the molecule is Cc1ccccc1NC(=O)COC(=O)[C@@H]1CC(=O)N(c2ccc(Br)cc2)C1. The molecule has 0 spiro atoms. The Hall–Kier alpha value is -2.67. The molecule has 6 nitrogen and oxygen atoms in total. The molecule has 3 rings (SSSR count). The molecule has 1 aliphatic heterocycles. The van der Waals surface area contributed by atoms with Crippen molar-refractivity contribution in [1.82, 2.24) is 0 Å². The van der Waals surface area contributed by atoms with Crippen molar-refractivity contribution in [2.45, 2.75) is 13.3 Å². The van der Waals surface area contributed by atoms with Gasteiger partial charge in [-0.15, -0.1) is 0 Å². The van der Waals surface area contributed by atoms with Crippen molar-refractivity contribution in [3.63, 3.8) is 0 Å². The monoisotopic (exact) mass is 430 g/mol. The summed E-state index contributed by atoms with van der Waals surface area (Å²) in [5.74, 6) is -1.66. The van der Waals surface area contributed by atoms with Crippen LogP contribution in [0.3, 0.4) is 0 Å². The third kappa shape index (κ3) is 4.74. The van der Waals surface area contributed by atoms with Crippen molar-refractivity contribution in [2.75, 3.05) is 23.4 Å². The van der Waals surface area contributed by atoms with Gasteiger partial charge in [0.1, 0.15) is 0 Å². The number of carbonyl (C=O) groups is 3. The van der Waals surface area contributed by atoms with Gasteiger partial charge in [0.05, 0.1) is 5.92 Å². The first-order valence-corrected chi connectivity index (χ1v) is 9.31. The molecule has 1 aliphatic rings. The lowest BCUT2D eigenvalue weighted by Crippen LogP contribution is -2.28. The van der Waals surface area contributed by atoms with Crippen LogP contribution in [0.1, 0.15) is 12.0 Å². The van der Waals surface area contributed by atoms with Crippen molar-refractivity contribution >= 4 is 45.1 Å². The number of ether oxygens (including phenoxy) is 1. The van der Waals surface area contributed by atoms with Crippen LogP contribution in [0.2, 0.25) is 0 Å². The number of nitrogens with one attached hydrogen (secondary N) is 1. The molecular weight excluding hydrogens is 412 g/mol. The number of esters is 1. The van der Waals surface area contributed by atoms with Crippen molar-refractivity contribution in [2.24, 2.45) is 5.92 Å². The highest BCUT2D eigenvalue weighted by atomic mass is 79.9. The number of para-hydroxylation sites is 1. The van der Waals surface area contributed by atoms with Crippen LogP contribution in [-0.4, -0.2) is 30.9 Å². The molecule has 140 valence electrons. The predicted molar refractivity (Wildman–Crippen MR) is 105 cm³/mol. The standard InChI is InChI=1S/C20H19BrN2O4/c1-13-4-2-3-5-17(13)22-18(24)12-27-20(26)14-10-19(25)23(11-14)16-8-6-15(21)7-9-16/h2-9,14H,10-12H2,1H3,(H,22,24)/t14-/m1/s1. The number of benzene rings is 2. The zero-order chi connectivity index (χ0) is 19.4. The lowest BCUT2D eigenvalue weighted by molar-refractivity contribution is -0.151. The average Bonchev–Trinajstić information content (AvgIpc) is 3.04. The fourth-order valence-corrected chi connectivity index (χ4v) is 3.15. The van der Waals surface area contributed by atoms with E-state index in [1.807, 2.05) is 49.4 Å². The van der Waals surface area contributed by atoms with Crippen LogP contribution in [0.15, 0.2) is 53.0 Å². The first-order valence-electron chi connectivity index (χ1n) is 8.52. The smallest absolute Gasteiger partial charge is 0.311 e. The van der Waals surface area contributed by atoms with Gasteiger partial charge in [0.15, 0.2) is 6.61 Å². The Morgan fingerprint density at radius 2 is 1.89 bits per heavy atom. The molecule has 0 bridgehead atoms. The fourth-order valence-electron chi connectivity index (χ4n) is 2.89. The fraction of sp³-hybridized carbons (Fsp3) is 0.250. The van der Waals surface area contributed by atoms with Crippen LogP contribution < -0.4 is 10.2 Å². The normalized spacial score (nSPS) is 16.3. The zero-order valence-electron chi connectivity index (χ0n) is 14.8. The number of amides is 2. The summed E-state index contributed by atoms with van der Waals surface area (Å²) in [5, 5.41) is 2.71. The van der Waals surface area contributed by atoms with E-state index in [1.54, 1.807) is 11.0 Å². The minimum atomic E-state index is -0.576. The molecule has 0 unspecified atom stereocenters. The molecule has 1 fully saturated rings. The summed E-state index contributed by atoms with van der Waals surface area (Å²) >= 11 is 3.35. The van der Waals surface area contributed by atoms with Gasteiger partial charge in [-0.1, -0.05) is 34.1 Å². The summed E-state index contributed by atoms with van der Waals surface area (Å²) in [6.45, 7) is 1.75. The first kappa shape index (κ1) is 19.1. The van der Waals surface area contributed by atoms with Crippen molar-refractivity contribution in [3.05, 3.63) is 58.6 Å². The highest BCUT2D eigenvalue weighted by Gasteiger charge is 2.36. The molecule has 0 aromatic heterocycles. The van der Waals surface area contributed by atoms with Gasteiger partial charge in [-0.2, -0.15) is 0 Å². The zero-order valence-corrected chi connectivity index (χ0v) is 16.4. The quantitative estimate of drug-likeness (QED) is 0.738. The summed E-state index contributed by atoms with van der Waals surface area (Å²) in [6, 6.07) is 14.6. The number of anilines is 2. The lowest BCUT2D eigenvalue weighted by Gasteiger charge is -2.16. The number of rotatable bonds is 5. The van der Waals surface area contributed by atoms with Gasteiger partial charge in [-0.25, -0.2) is 0 Å². The van der Waals surface area contributed by atoms with E-state index in [9.17, 15) is 14.4 Å². The highest BCUT2D eigenvalue weighted by Crippen LogP contribution is 2.27. The van der Waals surface area contributed by atoms with Crippen LogP contribution in [-0.2, 0) is 19.1 Å². The predicted octanol–water partition coefficient (Wildman–Crippen LogP) is 3.29. The molecule has 0 radical (unpaired) electrons. The highest BCUT2D eigenvalue weighted by molar-refractivity contribution is 9.10. The molecule has 0 saturated carbocycles. The van der Waals surface area contributed by atoms with E-state index in [4.69, 9.17) is 4.74 Å². The van der Waals surface area contributed by atoms with Crippen LogP contribution in [0.4, 0.5) is 11.4 Å².